The molecule has 7 heteroatoms. The molecule has 2 aliphatic heterocycles. The minimum absolute atomic E-state index is 0. The van der Waals surface area contributed by atoms with Crippen LogP contribution in [0.25, 0.3) is 0 Å². The Bertz CT molecular complexity index is 839. The number of hydrogen-bond donors (Lipinski definition) is 1. The van der Waals surface area contributed by atoms with E-state index in [1.165, 1.54) is 0 Å². The Balaban J connectivity index is 0.00000225. The van der Waals surface area contributed by atoms with E-state index < -0.39 is 0 Å². The molecule has 3 aliphatic rings. The molecule has 1 aromatic carbocycles. The SMILES string of the molecule is COc1ccc(CNC(=O)C2CSC34CC=CC=C3N=CCC24)cc1OC.Cl. The van der Waals surface area contributed by atoms with Crippen LogP contribution in [0.4, 0.5) is 0 Å². The average molecular weight is 421 g/mol. The van der Waals surface area contributed by atoms with Crippen molar-refractivity contribution in [3.63, 3.8) is 0 Å². The third-order valence-electron chi connectivity index (χ3n) is 5.69. The molecule has 4 rings (SSSR count). The number of thioether (sulfide) groups is 1. The van der Waals surface area contributed by atoms with Crippen molar-refractivity contribution in [1.29, 1.82) is 0 Å². The molecule has 3 atom stereocenters. The fourth-order valence-corrected chi connectivity index (χ4v) is 6.07. The number of amides is 1. The molecular formula is C21H25ClN2O3S. The van der Waals surface area contributed by atoms with Crippen molar-refractivity contribution in [3.8, 4) is 11.5 Å². The van der Waals surface area contributed by atoms with Gasteiger partial charge in [-0.3, -0.25) is 9.79 Å². The van der Waals surface area contributed by atoms with E-state index in [1.807, 2.05) is 36.2 Å². The molecule has 150 valence electrons. The van der Waals surface area contributed by atoms with Gasteiger partial charge in [-0.1, -0.05) is 18.2 Å². The van der Waals surface area contributed by atoms with Crippen LogP contribution < -0.4 is 14.8 Å². The van der Waals surface area contributed by atoms with Crippen molar-refractivity contribution in [2.45, 2.75) is 24.1 Å². The van der Waals surface area contributed by atoms with Gasteiger partial charge in [0.1, 0.15) is 0 Å². The Morgan fingerprint density at radius 1 is 1.32 bits per heavy atom. The van der Waals surface area contributed by atoms with Gasteiger partial charge in [0, 0.05) is 18.5 Å². The molecule has 1 spiro atoms. The highest BCUT2D eigenvalue weighted by molar-refractivity contribution is 8.01. The maximum absolute atomic E-state index is 13.0. The Morgan fingerprint density at radius 2 is 2.14 bits per heavy atom. The fourth-order valence-electron chi connectivity index (χ4n) is 4.25. The summed E-state index contributed by atoms with van der Waals surface area (Å²) in [5.41, 5.74) is 2.12. The zero-order valence-corrected chi connectivity index (χ0v) is 17.6. The number of nitrogens with zero attached hydrogens (tertiary/aromatic N) is 1. The molecule has 1 saturated heterocycles. The van der Waals surface area contributed by atoms with E-state index in [9.17, 15) is 4.79 Å². The van der Waals surface area contributed by atoms with Crippen LogP contribution in [-0.2, 0) is 11.3 Å². The van der Waals surface area contributed by atoms with Gasteiger partial charge in [-0.2, -0.15) is 0 Å². The van der Waals surface area contributed by atoms with Gasteiger partial charge in [-0.25, -0.2) is 0 Å². The van der Waals surface area contributed by atoms with Gasteiger partial charge in [0.2, 0.25) is 5.91 Å². The van der Waals surface area contributed by atoms with Gasteiger partial charge in [-0.15, -0.1) is 24.2 Å². The van der Waals surface area contributed by atoms with Crippen LogP contribution in [0.1, 0.15) is 18.4 Å². The molecule has 0 saturated carbocycles. The number of nitrogens with one attached hydrogen (secondary N) is 1. The van der Waals surface area contributed by atoms with E-state index in [2.05, 4.69) is 28.5 Å². The summed E-state index contributed by atoms with van der Waals surface area (Å²) in [6.45, 7) is 0.483. The van der Waals surface area contributed by atoms with Crippen LogP contribution in [-0.4, -0.2) is 36.8 Å². The van der Waals surface area contributed by atoms with Crippen molar-refractivity contribution in [2.75, 3.05) is 20.0 Å². The third kappa shape index (κ3) is 3.55. The quantitative estimate of drug-likeness (QED) is 0.787. The number of carbonyl (C=O) groups is 1. The molecule has 0 radical (unpaired) electrons. The topological polar surface area (TPSA) is 59.9 Å². The molecule has 28 heavy (non-hydrogen) atoms. The van der Waals surface area contributed by atoms with Crippen molar-refractivity contribution < 1.29 is 14.3 Å². The second-order valence-corrected chi connectivity index (χ2v) is 8.40. The lowest BCUT2D eigenvalue weighted by Gasteiger charge is -2.39. The summed E-state index contributed by atoms with van der Waals surface area (Å²) in [5.74, 6) is 2.65. The molecule has 5 nitrogen and oxygen atoms in total. The fraction of sp³-hybridized carbons (Fsp3) is 0.429. The molecule has 1 aromatic rings. The number of allylic oxidation sites excluding steroid dienone is 3. The molecule has 3 unspecified atom stereocenters. The van der Waals surface area contributed by atoms with Crippen molar-refractivity contribution in [1.82, 2.24) is 5.32 Å². The summed E-state index contributed by atoms with van der Waals surface area (Å²) in [6.07, 6.45) is 10.2. The predicted molar refractivity (Wildman–Crippen MR) is 116 cm³/mol. The number of rotatable bonds is 5. The highest BCUT2D eigenvalue weighted by Gasteiger charge is 2.54. The lowest BCUT2D eigenvalue weighted by Crippen LogP contribution is -2.43. The monoisotopic (exact) mass is 420 g/mol. The molecule has 1 fully saturated rings. The number of ether oxygens (including phenoxy) is 2. The number of aliphatic imine (C=N–C) groups is 1. The van der Waals surface area contributed by atoms with Gasteiger partial charge in [0.15, 0.2) is 11.5 Å². The molecular weight excluding hydrogens is 396 g/mol. The van der Waals surface area contributed by atoms with E-state index in [-0.39, 0.29) is 29.0 Å². The van der Waals surface area contributed by atoms with Gasteiger partial charge < -0.3 is 14.8 Å². The van der Waals surface area contributed by atoms with Crippen LogP contribution >= 0.6 is 24.2 Å². The second kappa shape index (κ2) is 8.62. The first-order valence-corrected chi connectivity index (χ1v) is 10.2. The first kappa shape index (κ1) is 20.8. The highest BCUT2D eigenvalue weighted by Crippen LogP contribution is 2.57. The van der Waals surface area contributed by atoms with Crippen molar-refractivity contribution >= 4 is 36.3 Å². The van der Waals surface area contributed by atoms with E-state index in [0.717, 1.165) is 29.9 Å². The molecule has 1 amide bonds. The normalized spacial score (nSPS) is 27.1. The van der Waals surface area contributed by atoms with E-state index in [1.54, 1.807) is 14.2 Å². The number of hydrogen-bond acceptors (Lipinski definition) is 5. The standard InChI is InChI=1S/C21H24N2O3S.ClH/c1-25-17-7-6-14(11-18(17)26-2)12-23-20(24)15-13-27-21-9-4-3-5-19(21)22-10-8-16(15)21;/h3-7,10-11,15-16H,8-9,12-13H2,1-2H3,(H,23,24);1H. The van der Waals surface area contributed by atoms with Crippen LogP contribution in [0, 0.1) is 11.8 Å². The van der Waals surface area contributed by atoms with Crippen LogP contribution in [0.5, 0.6) is 11.5 Å². The summed E-state index contributed by atoms with van der Waals surface area (Å²) in [6, 6.07) is 5.72. The van der Waals surface area contributed by atoms with Gasteiger partial charge in [-0.05, 0) is 42.5 Å². The Kier molecular flexibility index (Phi) is 6.40. The zero-order chi connectivity index (χ0) is 18.9. The first-order chi connectivity index (χ1) is 13.2. The van der Waals surface area contributed by atoms with Gasteiger partial charge in [0.25, 0.3) is 0 Å². The minimum atomic E-state index is -0.0190. The number of benzene rings is 1. The maximum atomic E-state index is 13.0. The highest BCUT2D eigenvalue weighted by atomic mass is 35.5. The second-order valence-electron chi connectivity index (χ2n) is 7.05. The number of halogens is 1. The Labute approximate surface area is 176 Å². The number of methoxy groups -OCH3 is 2. The third-order valence-corrected chi connectivity index (χ3v) is 7.41. The van der Waals surface area contributed by atoms with Crippen LogP contribution in [0.15, 0.2) is 47.1 Å². The van der Waals surface area contributed by atoms with Crippen molar-refractivity contribution in [3.05, 3.63) is 47.7 Å². The zero-order valence-electron chi connectivity index (χ0n) is 16.0. The van der Waals surface area contributed by atoms with E-state index in [4.69, 9.17) is 9.47 Å². The lowest BCUT2D eigenvalue weighted by atomic mass is 9.73. The summed E-state index contributed by atoms with van der Waals surface area (Å²) in [7, 11) is 3.23. The van der Waals surface area contributed by atoms with Gasteiger partial charge >= 0.3 is 0 Å². The Morgan fingerprint density at radius 3 is 2.93 bits per heavy atom. The van der Waals surface area contributed by atoms with Crippen molar-refractivity contribution in [2.24, 2.45) is 16.8 Å². The van der Waals surface area contributed by atoms with Gasteiger partial charge in [0.05, 0.1) is 30.6 Å². The Hall–Kier alpha value is -1.92. The largest absolute Gasteiger partial charge is 0.493 e. The average Bonchev–Trinajstić information content (AvgIpc) is 3.09. The molecule has 0 aromatic heterocycles. The molecule has 1 N–H and O–H groups in total. The maximum Gasteiger partial charge on any atom is 0.224 e. The first-order valence-electron chi connectivity index (χ1n) is 9.20. The van der Waals surface area contributed by atoms with E-state index in [0.29, 0.717) is 24.0 Å². The summed E-state index contributed by atoms with van der Waals surface area (Å²) in [5, 5.41) is 3.12. The summed E-state index contributed by atoms with van der Waals surface area (Å²) >= 11 is 1.90. The smallest absolute Gasteiger partial charge is 0.224 e. The summed E-state index contributed by atoms with van der Waals surface area (Å²) in [4.78, 5) is 17.6. The van der Waals surface area contributed by atoms with Crippen LogP contribution in [0.2, 0.25) is 0 Å². The predicted octanol–water partition coefficient (Wildman–Crippen LogP) is 3.78. The number of carbonyl (C=O) groups excluding carboxylic acids is 1. The minimum Gasteiger partial charge on any atom is -0.493 e. The molecule has 2 heterocycles. The summed E-state index contributed by atoms with van der Waals surface area (Å²) < 4.78 is 10.6. The lowest BCUT2D eigenvalue weighted by molar-refractivity contribution is -0.126. The molecule has 0 bridgehead atoms. The molecule has 1 aliphatic carbocycles. The van der Waals surface area contributed by atoms with E-state index >= 15 is 0 Å². The van der Waals surface area contributed by atoms with Crippen LogP contribution in [0.3, 0.4) is 0 Å².